The van der Waals surface area contributed by atoms with Crippen LogP contribution in [0.5, 0.6) is 0 Å². The molecule has 0 spiro atoms. The Morgan fingerprint density at radius 1 is 1.35 bits per heavy atom. The van der Waals surface area contributed by atoms with Crippen molar-refractivity contribution in [1.29, 1.82) is 0 Å². The molecule has 0 aromatic heterocycles. The van der Waals surface area contributed by atoms with Crippen molar-refractivity contribution in [3.05, 3.63) is 0 Å². The molecule has 0 unspecified atom stereocenters. The minimum absolute atomic E-state index is 0.110. The van der Waals surface area contributed by atoms with E-state index in [0.717, 1.165) is 26.1 Å². The third-order valence-electron chi connectivity index (χ3n) is 3.54. The van der Waals surface area contributed by atoms with Crippen molar-refractivity contribution in [3.8, 4) is 0 Å². The molecule has 0 aromatic rings. The fraction of sp³-hybridized carbons (Fsp3) is 0.833. The average Bonchev–Trinajstić information content (AvgIpc) is 2.32. The molecule has 0 saturated carbocycles. The van der Waals surface area contributed by atoms with E-state index in [1.165, 1.54) is 4.90 Å². The van der Waals surface area contributed by atoms with Crippen molar-refractivity contribution < 1.29 is 14.3 Å². The van der Waals surface area contributed by atoms with Gasteiger partial charge < -0.3 is 4.74 Å². The Balaban J connectivity index is 2.01. The zero-order chi connectivity index (χ0) is 12.5. The number of ether oxygens (including phenoxy) is 1. The molecular weight excluding hydrogens is 220 g/mol. The van der Waals surface area contributed by atoms with Crippen LogP contribution in [0.1, 0.15) is 26.7 Å². The van der Waals surface area contributed by atoms with Crippen LogP contribution in [0.3, 0.4) is 0 Å². The van der Waals surface area contributed by atoms with Gasteiger partial charge in [0.15, 0.2) is 0 Å². The molecule has 0 aliphatic carbocycles. The first-order valence-electron chi connectivity index (χ1n) is 6.18. The lowest BCUT2D eigenvalue weighted by Crippen LogP contribution is -2.64. The maximum atomic E-state index is 12.1. The number of nitrogens with one attached hydrogen (secondary N) is 1. The third-order valence-corrected chi connectivity index (χ3v) is 3.54. The van der Waals surface area contributed by atoms with Crippen molar-refractivity contribution in [3.63, 3.8) is 0 Å². The third kappa shape index (κ3) is 2.66. The van der Waals surface area contributed by atoms with Crippen molar-refractivity contribution in [1.82, 2.24) is 10.2 Å². The lowest BCUT2D eigenvalue weighted by molar-refractivity contribution is -0.153. The molecule has 1 N–H and O–H groups in total. The van der Waals surface area contributed by atoms with Gasteiger partial charge in [-0.25, -0.2) is 0 Å². The molecule has 2 fully saturated rings. The van der Waals surface area contributed by atoms with E-state index in [1.807, 2.05) is 13.8 Å². The van der Waals surface area contributed by atoms with Gasteiger partial charge in [0.2, 0.25) is 11.8 Å². The second-order valence-electron chi connectivity index (χ2n) is 5.34. The molecule has 0 atom stereocenters. The van der Waals surface area contributed by atoms with Gasteiger partial charge in [-0.15, -0.1) is 0 Å². The van der Waals surface area contributed by atoms with Crippen LogP contribution >= 0.6 is 0 Å². The summed E-state index contributed by atoms with van der Waals surface area (Å²) in [5.41, 5.74) is -0.626. The van der Waals surface area contributed by atoms with E-state index >= 15 is 0 Å². The standard InChI is InChI=1S/C12H20N2O3/c1-12(2)11(16)14(10(15)7-13-12)8-9-3-5-17-6-4-9/h9,13H,3-8H2,1-2H3. The number of amides is 2. The fourth-order valence-corrected chi connectivity index (χ4v) is 2.29. The van der Waals surface area contributed by atoms with Crippen LogP contribution in [-0.2, 0) is 14.3 Å². The highest BCUT2D eigenvalue weighted by Crippen LogP contribution is 2.20. The summed E-state index contributed by atoms with van der Waals surface area (Å²) in [6, 6.07) is 0. The topological polar surface area (TPSA) is 58.6 Å². The Bertz CT molecular complexity index is 322. The highest BCUT2D eigenvalue weighted by Gasteiger charge is 2.40. The Morgan fingerprint density at radius 2 is 2.00 bits per heavy atom. The molecule has 17 heavy (non-hydrogen) atoms. The molecule has 2 saturated heterocycles. The van der Waals surface area contributed by atoms with Crippen LogP contribution in [0.2, 0.25) is 0 Å². The fourth-order valence-electron chi connectivity index (χ4n) is 2.29. The predicted molar refractivity (Wildman–Crippen MR) is 62.3 cm³/mol. The van der Waals surface area contributed by atoms with E-state index in [0.29, 0.717) is 12.5 Å². The molecule has 2 aliphatic rings. The quantitative estimate of drug-likeness (QED) is 0.698. The van der Waals surface area contributed by atoms with E-state index in [2.05, 4.69) is 5.32 Å². The summed E-state index contributed by atoms with van der Waals surface area (Å²) in [6.45, 7) is 5.91. The van der Waals surface area contributed by atoms with E-state index in [1.54, 1.807) is 0 Å². The largest absolute Gasteiger partial charge is 0.381 e. The Labute approximate surface area is 101 Å². The zero-order valence-corrected chi connectivity index (χ0v) is 10.5. The first kappa shape index (κ1) is 12.5. The first-order valence-corrected chi connectivity index (χ1v) is 6.18. The number of nitrogens with zero attached hydrogens (tertiary/aromatic N) is 1. The van der Waals surface area contributed by atoms with Gasteiger partial charge in [0.05, 0.1) is 12.1 Å². The SMILES string of the molecule is CC1(C)NCC(=O)N(CC2CCOCC2)C1=O. The maximum absolute atomic E-state index is 12.1. The highest BCUT2D eigenvalue weighted by molar-refractivity contribution is 6.03. The number of piperazine rings is 1. The molecule has 5 heteroatoms. The number of rotatable bonds is 2. The van der Waals surface area contributed by atoms with E-state index in [9.17, 15) is 9.59 Å². The lowest BCUT2D eigenvalue weighted by atomic mass is 9.96. The van der Waals surface area contributed by atoms with E-state index in [4.69, 9.17) is 4.74 Å². The van der Waals surface area contributed by atoms with Gasteiger partial charge in [0.25, 0.3) is 0 Å². The number of hydrogen-bond acceptors (Lipinski definition) is 4. The van der Waals surface area contributed by atoms with Crippen molar-refractivity contribution in [2.24, 2.45) is 5.92 Å². The van der Waals surface area contributed by atoms with Gasteiger partial charge in [-0.05, 0) is 32.6 Å². The number of hydrogen-bond donors (Lipinski definition) is 1. The average molecular weight is 240 g/mol. The van der Waals surface area contributed by atoms with E-state index in [-0.39, 0.29) is 18.4 Å². The second-order valence-corrected chi connectivity index (χ2v) is 5.34. The summed E-state index contributed by atoms with van der Waals surface area (Å²) in [4.78, 5) is 25.3. The minimum atomic E-state index is -0.626. The normalized spacial score (nSPS) is 26.4. The summed E-state index contributed by atoms with van der Waals surface area (Å²) in [6.07, 6.45) is 1.87. The molecule has 0 aromatic carbocycles. The van der Waals surface area contributed by atoms with Crippen LogP contribution in [0.4, 0.5) is 0 Å². The second kappa shape index (κ2) is 4.74. The van der Waals surface area contributed by atoms with Gasteiger partial charge in [0, 0.05) is 19.8 Å². The summed E-state index contributed by atoms with van der Waals surface area (Å²) in [7, 11) is 0. The van der Waals surface area contributed by atoms with Crippen LogP contribution in [0.25, 0.3) is 0 Å². The van der Waals surface area contributed by atoms with Crippen molar-refractivity contribution >= 4 is 11.8 Å². The summed E-state index contributed by atoms with van der Waals surface area (Å²) in [5, 5.41) is 2.96. The molecule has 5 nitrogen and oxygen atoms in total. The first-order chi connectivity index (χ1) is 8.00. The minimum Gasteiger partial charge on any atom is -0.381 e. The summed E-state index contributed by atoms with van der Waals surface area (Å²) < 4.78 is 5.28. The lowest BCUT2D eigenvalue weighted by Gasteiger charge is -2.38. The molecular formula is C12H20N2O3. The van der Waals surface area contributed by atoms with Gasteiger partial charge in [-0.2, -0.15) is 0 Å². The van der Waals surface area contributed by atoms with Crippen molar-refractivity contribution in [2.45, 2.75) is 32.2 Å². The molecule has 0 bridgehead atoms. The van der Waals surface area contributed by atoms with Gasteiger partial charge >= 0.3 is 0 Å². The highest BCUT2D eigenvalue weighted by atomic mass is 16.5. The number of carbonyl (C=O) groups is 2. The van der Waals surface area contributed by atoms with Crippen LogP contribution in [0.15, 0.2) is 0 Å². The maximum Gasteiger partial charge on any atom is 0.248 e. The molecule has 2 rings (SSSR count). The monoisotopic (exact) mass is 240 g/mol. The molecule has 2 heterocycles. The molecule has 2 amide bonds. The van der Waals surface area contributed by atoms with Crippen LogP contribution in [-0.4, -0.2) is 48.6 Å². The Morgan fingerprint density at radius 3 is 2.65 bits per heavy atom. The zero-order valence-electron chi connectivity index (χ0n) is 10.5. The van der Waals surface area contributed by atoms with Crippen LogP contribution in [0, 0.1) is 5.92 Å². The number of imide groups is 1. The van der Waals surface area contributed by atoms with Gasteiger partial charge in [-0.1, -0.05) is 0 Å². The molecule has 2 aliphatic heterocycles. The molecule has 0 radical (unpaired) electrons. The smallest absolute Gasteiger partial charge is 0.248 e. The number of carbonyl (C=O) groups excluding carboxylic acids is 2. The summed E-state index contributed by atoms with van der Waals surface area (Å²) >= 11 is 0. The Kier molecular flexibility index (Phi) is 3.49. The van der Waals surface area contributed by atoms with Crippen LogP contribution < -0.4 is 5.32 Å². The van der Waals surface area contributed by atoms with E-state index < -0.39 is 5.54 Å². The van der Waals surface area contributed by atoms with Gasteiger partial charge in [-0.3, -0.25) is 19.8 Å². The van der Waals surface area contributed by atoms with Gasteiger partial charge in [0.1, 0.15) is 0 Å². The summed E-state index contributed by atoms with van der Waals surface area (Å²) in [5.74, 6) is 0.173. The Hall–Kier alpha value is -0.940. The predicted octanol–water partition coefficient (Wildman–Crippen LogP) is 0.150. The molecule has 96 valence electrons. The van der Waals surface area contributed by atoms with Crippen molar-refractivity contribution in [2.75, 3.05) is 26.3 Å².